The van der Waals surface area contributed by atoms with Crippen LogP contribution in [0.4, 0.5) is 4.39 Å². The Morgan fingerprint density at radius 3 is 2.53 bits per heavy atom. The van der Waals surface area contributed by atoms with Crippen molar-refractivity contribution < 1.29 is 17.9 Å². The summed E-state index contributed by atoms with van der Waals surface area (Å²) in [6.45, 7) is 3.41. The summed E-state index contributed by atoms with van der Waals surface area (Å²) in [5, 5.41) is 8.95. The van der Waals surface area contributed by atoms with Gasteiger partial charge >= 0.3 is 0 Å². The van der Waals surface area contributed by atoms with E-state index >= 15 is 0 Å². The van der Waals surface area contributed by atoms with Crippen LogP contribution in [0, 0.1) is 5.82 Å². The first-order valence-corrected chi connectivity index (χ1v) is 7.70. The molecule has 0 saturated heterocycles. The van der Waals surface area contributed by atoms with E-state index in [2.05, 4.69) is 0 Å². The summed E-state index contributed by atoms with van der Waals surface area (Å²) < 4.78 is 39.7. The minimum absolute atomic E-state index is 0.123. The van der Waals surface area contributed by atoms with Gasteiger partial charge in [-0.1, -0.05) is 11.6 Å². The molecule has 7 heteroatoms. The van der Waals surface area contributed by atoms with Crippen LogP contribution >= 0.6 is 11.6 Å². The SMILES string of the molecule is CC(C)N(CCCO)S(=O)(=O)c1ccc(Cl)cc1F. The van der Waals surface area contributed by atoms with Crippen LogP contribution in [0.25, 0.3) is 0 Å². The molecule has 0 radical (unpaired) electrons. The number of sulfonamides is 1. The van der Waals surface area contributed by atoms with Gasteiger partial charge in [0.1, 0.15) is 10.7 Å². The highest BCUT2D eigenvalue weighted by Gasteiger charge is 2.29. The molecular weight excluding hydrogens is 293 g/mol. The van der Waals surface area contributed by atoms with Crippen LogP contribution in [-0.4, -0.2) is 37.0 Å². The second kappa shape index (κ2) is 6.65. The van der Waals surface area contributed by atoms with Crippen LogP contribution in [0.15, 0.2) is 23.1 Å². The maximum atomic E-state index is 13.8. The van der Waals surface area contributed by atoms with Crippen molar-refractivity contribution in [1.29, 1.82) is 0 Å². The third kappa shape index (κ3) is 3.89. The van der Waals surface area contributed by atoms with Crippen molar-refractivity contribution >= 4 is 21.6 Å². The zero-order valence-electron chi connectivity index (χ0n) is 10.8. The minimum Gasteiger partial charge on any atom is -0.396 e. The monoisotopic (exact) mass is 309 g/mol. The Balaban J connectivity index is 3.19. The molecule has 0 spiro atoms. The predicted octanol–water partition coefficient (Wildman–Crippen LogP) is 2.26. The number of aliphatic hydroxyl groups is 1. The van der Waals surface area contributed by atoms with E-state index in [1.165, 1.54) is 6.07 Å². The third-order valence-corrected chi connectivity index (χ3v) is 4.94. The average molecular weight is 310 g/mol. The van der Waals surface area contributed by atoms with E-state index in [1.807, 2.05) is 0 Å². The highest BCUT2D eigenvalue weighted by molar-refractivity contribution is 7.89. The standard InChI is InChI=1S/C12H17ClFNO3S/c1-9(2)15(6-3-7-16)19(17,18)12-5-4-10(13)8-11(12)14/h4-5,8-9,16H,3,6-7H2,1-2H3. The maximum absolute atomic E-state index is 13.8. The second-order valence-corrected chi connectivity index (χ2v) is 6.66. The van der Waals surface area contributed by atoms with Crippen LogP contribution in [0.5, 0.6) is 0 Å². The maximum Gasteiger partial charge on any atom is 0.246 e. The van der Waals surface area contributed by atoms with Crippen molar-refractivity contribution in [2.45, 2.75) is 31.2 Å². The molecule has 4 nitrogen and oxygen atoms in total. The molecule has 1 rings (SSSR count). The first-order valence-electron chi connectivity index (χ1n) is 5.88. The smallest absolute Gasteiger partial charge is 0.246 e. The normalized spacial score (nSPS) is 12.4. The van der Waals surface area contributed by atoms with Gasteiger partial charge in [0.05, 0.1) is 0 Å². The first-order chi connectivity index (χ1) is 8.80. The molecule has 1 N–H and O–H groups in total. The molecule has 0 aliphatic rings. The summed E-state index contributed by atoms with van der Waals surface area (Å²) in [4.78, 5) is -0.400. The molecule has 0 unspecified atom stereocenters. The Hall–Kier alpha value is -0.690. The summed E-state index contributed by atoms with van der Waals surface area (Å²) in [6, 6.07) is 3.13. The Kier molecular flexibility index (Phi) is 5.73. The molecule has 0 fully saturated rings. The number of nitrogens with zero attached hydrogens (tertiary/aromatic N) is 1. The molecule has 0 bridgehead atoms. The molecule has 19 heavy (non-hydrogen) atoms. The highest BCUT2D eigenvalue weighted by Crippen LogP contribution is 2.23. The van der Waals surface area contributed by atoms with Gasteiger partial charge in [-0.3, -0.25) is 0 Å². The van der Waals surface area contributed by atoms with Crippen molar-refractivity contribution in [1.82, 2.24) is 4.31 Å². The lowest BCUT2D eigenvalue weighted by molar-refractivity contribution is 0.258. The van der Waals surface area contributed by atoms with Crippen LogP contribution in [0.2, 0.25) is 5.02 Å². The largest absolute Gasteiger partial charge is 0.396 e. The fourth-order valence-electron chi connectivity index (χ4n) is 1.69. The quantitative estimate of drug-likeness (QED) is 0.877. The topological polar surface area (TPSA) is 57.6 Å². The van der Waals surface area contributed by atoms with Gasteiger partial charge in [-0.25, -0.2) is 12.8 Å². The lowest BCUT2D eigenvalue weighted by atomic mass is 10.3. The third-order valence-electron chi connectivity index (χ3n) is 2.59. The van der Waals surface area contributed by atoms with Crippen LogP contribution < -0.4 is 0 Å². The van der Waals surface area contributed by atoms with Gasteiger partial charge in [-0.15, -0.1) is 0 Å². The van der Waals surface area contributed by atoms with E-state index in [0.717, 1.165) is 16.4 Å². The van der Waals surface area contributed by atoms with Gasteiger partial charge in [0, 0.05) is 24.2 Å². The molecule has 0 aliphatic carbocycles. The summed E-state index contributed by atoms with van der Waals surface area (Å²) in [7, 11) is -3.93. The number of benzene rings is 1. The fourth-order valence-corrected chi connectivity index (χ4v) is 3.57. The summed E-state index contributed by atoms with van der Waals surface area (Å²) >= 11 is 5.61. The number of hydrogen-bond acceptors (Lipinski definition) is 3. The van der Waals surface area contributed by atoms with Crippen molar-refractivity contribution in [3.8, 4) is 0 Å². The molecule has 0 heterocycles. The van der Waals surface area contributed by atoms with E-state index < -0.39 is 20.7 Å². The van der Waals surface area contributed by atoms with E-state index in [0.29, 0.717) is 6.42 Å². The van der Waals surface area contributed by atoms with Gasteiger partial charge in [-0.05, 0) is 38.5 Å². The minimum atomic E-state index is -3.93. The van der Waals surface area contributed by atoms with Crippen molar-refractivity contribution in [2.75, 3.05) is 13.2 Å². The summed E-state index contributed by atoms with van der Waals surface area (Å²) in [5.41, 5.74) is 0. The van der Waals surface area contributed by atoms with Crippen LogP contribution in [-0.2, 0) is 10.0 Å². The molecule has 0 aliphatic heterocycles. The van der Waals surface area contributed by atoms with Gasteiger partial charge < -0.3 is 5.11 Å². The number of halogens is 2. The Morgan fingerprint density at radius 2 is 2.05 bits per heavy atom. The van der Waals surface area contributed by atoms with Crippen molar-refractivity contribution in [3.63, 3.8) is 0 Å². The Labute approximate surface area is 117 Å². The molecule has 0 saturated carbocycles. The lowest BCUT2D eigenvalue weighted by Gasteiger charge is -2.25. The molecule has 0 aromatic heterocycles. The lowest BCUT2D eigenvalue weighted by Crippen LogP contribution is -2.38. The van der Waals surface area contributed by atoms with Gasteiger partial charge in [-0.2, -0.15) is 4.31 Å². The van der Waals surface area contributed by atoms with Gasteiger partial charge in [0.15, 0.2) is 0 Å². The number of hydrogen-bond donors (Lipinski definition) is 1. The second-order valence-electron chi connectivity index (χ2n) is 4.36. The first kappa shape index (κ1) is 16.4. The Morgan fingerprint density at radius 1 is 1.42 bits per heavy atom. The summed E-state index contributed by atoms with van der Waals surface area (Å²) in [6.07, 6.45) is 0.298. The van der Waals surface area contributed by atoms with Gasteiger partial charge in [0.25, 0.3) is 0 Å². The van der Waals surface area contributed by atoms with Crippen molar-refractivity contribution in [2.24, 2.45) is 0 Å². The average Bonchev–Trinajstić information content (AvgIpc) is 2.27. The number of rotatable bonds is 6. The number of aliphatic hydroxyl groups excluding tert-OH is 1. The molecule has 1 aromatic carbocycles. The molecular formula is C12H17ClFNO3S. The summed E-state index contributed by atoms with van der Waals surface area (Å²) in [5.74, 6) is -0.873. The molecule has 0 atom stereocenters. The van der Waals surface area contributed by atoms with E-state index in [9.17, 15) is 12.8 Å². The Bertz CT molecular complexity index is 534. The molecule has 1 aromatic rings. The van der Waals surface area contributed by atoms with Crippen LogP contribution in [0.3, 0.4) is 0 Å². The fraction of sp³-hybridized carbons (Fsp3) is 0.500. The zero-order valence-corrected chi connectivity index (χ0v) is 12.4. The zero-order chi connectivity index (χ0) is 14.6. The van der Waals surface area contributed by atoms with Crippen molar-refractivity contribution in [3.05, 3.63) is 29.0 Å². The van der Waals surface area contributed by atoms with E-state index in [1.54, 1.807) is 13.8 Å². The van der Waals surface area contributed by atoms with E-state index in [4.69, 9.17) is 16.7 Å². The highest BCUT2D eigenvalue weighted by atomic mass is 35.5. The predicted molar refractivity (Wildman–Crippen MR) is 72.1 cm³/mol. The van der Waals surface area contributed by atoms with Crippen LogP contribution in [0.1, 0.15) is 20.3 Å². The van der Waals surface area contributed by atoms with E-state index in [-0.39, 0.29) is 24.2 Å². The molecule has 108 valence electrons. The van der Waals surface area contributed by atoms with Gasteiger partial charge in [0.2, 0.25) is 10.0 Å². The molecule has 0 amide bonds.